The molecule has 1 aromatic heterocycles. The van der Waals surface area contributed by atoms with Crippen LogP contribution in [-0.2, 0) is 4.79 Å². The fraction of sp³-hybridized carbons (Fsp3) is 0.167. The molecule has 2 heterocycles. The van der Waals surface area contributed by atoms with E-state index in [1.54, 1.807) is 23.7 Å². The van der Waals surface area contributed by atoms with Crippen LogP contribution in [0.4, 0.5) is 21.6 Å². The largest absolute Gasteiger partial charge is 0.343 e. The highest BCUT2D eigenvalue weighted by Crippen LogP contribution is 2.38. The summed E-state index contributed by atoms with van der Waals surface area (Å²) in [5.74, 6) is -0.590. The maximum Gasteiger partial charge on any atom is 0.261 e. The van der Waals surface area contributed by atoms with Crippen LogP contribution >= 0.6 is 0 Å². The van der Waals surface area contributed by atoms with Gasteiger partial charge in [-0.25, -0.2) is 9.07 Å². The standard InChI is InChI=1S/C30H28FN5O2/c1-17-5-12-23(13-6-17)34-29(37)24-16-32-36-27(21-8-10-22(31)11-9-21)26(20(4)33-28(24)36)30(38)35-25-14-7-18(2)15-19(25)3/h5-16,27,33H,1-4H3,(H,34,37)(H,35,38). The molecule has 0 saturated carbocycles. The molecule has 192 valence electrons. The predicted molar refractivity (Wildman–Crippen MR) is 147 cm³/mol. The van der Waals surface area contributed by atoms with E-state index in [0.717, 1.165) is 16.7 Å². The summed E-state index contributed by atoms with van der Waals surface area (Å²) in [7, 11) is 0. The first-order valence-electron chi connectivity index (χ1n) is 12.3. The van der Waals surface area contributed by atoms with Gasteiger partial charge in [-0.15, -0.1) is 0 Å². The predicted octanol–water partition coefficient (Wildman–Crippen LogP) is 6.13. The summed E-state index contributed by atoms with van der Waals surface area (Å²) in [5, 5.41) is 13.6. The molecule has 7 nitrogen and oxygen atoms in total. The van der Waals surface area contributed by atoms with Crippen molar-refractivity contribution < 1.29 is 14.0 Å². The number of nitrogens with zero attached hydrogens (tertiary/aromatic N) is 2. The van der Waals surface area contributed by atoms with Crippen LogP contribution in [0.2, 0.25) is 0 Å². The summed E-state index contributed by atoms with van der Waals surface area (Å²) in [6, 6.07) is 18.6. The molecule has 3 aromatic carbocycles. The molecule has 0 aliphatic carbocycles. The summed E-state index contributed by atoms with van der Waals surface area (Å²) in [4.78, 5) is 26.9. The van der Waals surface area contributed by atoms with Gasteiger partial charge >= 0.3 is 0 Å². The van der Waals surface area contributed by atoms with Gasteiger partial charge in [-0.1, -0.05) is 47.5 Å². The van der Waals surface area contributed by atoms with Gasteiger partial charge < -0.3 is 16.0 Å². The molecule has 4 aromatic rings. The molecular weight excluding hydrogens is 481 g/mol. The number of allylic oxidation sites excluding steroid dienone is 1. The lowest BCUT2D eigenvalue weighted by molar-refractivity contribution is -0.113. The SMILES string of the molecule is CC1=C(C(=O)Nc2ccc(C)cc2C)C(c2ccc(F)cc2)n2ncc(C(=O)Nc3ccc(C)cc3)c2N1. The molecule has 0 fully saturated rings. The highest BCUT2D eigenvalue weighted by atomic mass is 19.1. The number of halogens is 1. The Morgan fingerprint density at radius 2 is 1.55 bits per heavy atom. The average Bonchev–Trinajstić information content (AvgIpc) is 3.30. The summed E-state index contributed by atoms with van der Waals surface area (Å²) in [6.07, 6.45) is 1.47. The maximum absolute atomic E-state index is 13.8. The van der Waals surface area contributed by atoms with E-state index < -0.39 is 6.04 Å². The second kappa shape index (κ2) is 9.97. The Morgan fingerprint density at radius 1 is 0.868 bits per heavy atom. The molecule has 0 saturated heterocycles. The minimum Gasteiger partial charge on any atom is -0.343 e. The minimum atomic E-state index is -0.682. The Balaban J connectivity index is 1.53. The molecular formula is C30H28FN5O2. The lowest BCUT2D eigenvalue weighted by atomic mass is 9.94. The van der Waals surface area contributed by atoms with E-state index in [2.05, 4.69) is 21.0 Å². The number of hydrogen-bond acceptors (Lipinski definition) is 4. The summed E-state index contributed by atoms with van der Waals surface area (Å²) in [6.45, 7) is 7.69. The van der Waals surface area contributed by atoms with Crippen molar-refractivity contribution in [1.82, 2.24) is 9.78 Å². The van der Waals surface area contributed by atoms with E-state index >= 15 is 0 Å². The number of hydrogen-bond donors (Lipinski definition) is 3. The van der Waals surface area contributed by atoms with Crippen molar-refractivity contribution in [1.29, 1.82) is 0 Å². The lowest BCUT2D eigenvalue weighted by Crippen LogP contribution is -2.32. The quantitative estimate of drug-likeness (QED) is 0.302. The smallest absolute Gasteiger partial charge is 0.261 e. The number of aryl methyl sites for hydroxylation is 3. The fourth-order valence-electron chi connectivity index (χ4n) is 4.65. The van der Waals surface area contributed by atoms with E-state index in [4.69, 9.17) is 0 Å². The molecule has 5 rings (SSSR count). The summed E-state index contributed by atoms with van der Waals surface area (Å²) >= 11 is 0. The number of fused-ring (bicyclic) bond motifs is 1. The molecule has 38 heavy (non-hydrogen) atoms. The first kappa shape index (κ1) is 25.0. The van der Waals surface area contributed by atoms with Crippen LogP contribution in [0.3, 0.4) is 0 Å². The Morgan fingerprint density at radius 3 is 2.24 bits per heavy atom. The van der Waals surface area contributed by atoms with Crippen molar-refractivity contribution in [3.8, 4) is 0 Å². The zero-order valence-corrected chi connectivity index (χ0v) is 21.6. The first-order chi connectivity index (χ1) is 18.2. The Kier molecular flexibility index (Phi) is 6.55. The summed E-state index contributed by atoms with van der Waals surface area (Å²) < 4.78 is 15.4. The van der Waals surface area contributed by atoms with Gasteiger partial charge in [-0.2, -0.15) is 5.10 Å². The Hall–Kier alpha value is -4.72. The van der Waals surface area contributed by atoms with E-state index in [0.29, 0.717) is 39.6 Å². The maximum atomic E-state index is 13.8. The van der Waals surface area contributed by atoms with E-state index in [-0.39, 0.29) is 17.6 Å². The number of benzene rings is 3. The molecule has 3 N–H and O–H groups in total. The van der Waals surface area contributed by atoms with Gasteiger partial charge in [-0.3, -0.25) is 9.59 Å². The van der Waals surface area contributed by atoms with Crippen molar-refractivity contribution in [3.63, 3.8) is 0 Å². The summed E-state index contributed by atoms with van der Waals surface area (Å²) in [5.41, 5.74) is 6.44. The zero-order valence-electron chi connectivity index (χ0n) is 21.6. The van der Waals surface area contributed by atoms with Gasteiger partial charge in [-0.05, 0) is 69.2 Å². The zero-order chi connectivity index (χ0) is 27.0. The van der Waals surface area contributed by atoms with Crippen LogP contribution < -0.4 is 16.0 Å². The van der Waals surface area contributed by atoms with E-state index in [1.165, 1.54) is 18.3 Å². The van der Waals surface area contributed by atoms with Crippen LogP contribution in [0, 0.1) is 26.6 Å². The van der Waals surface area contributed by atoms with Gasteiger partial charge in [0.15, 0.2) is 0 Å². The van der Waals surface area contributed by atoms with Gasteiger partial charge in [0.25, 0.3) is 11.8 Å². The monoisotopic (exact) mass is 509 g/mol. The molecule has 0 spiro atoms. The molecule has 1 aliphatic rings. The molecule has 0 radical (unpaired) electrons. The normalized spacial score (nSPS) is 14.5. The molecule has 0 bridgehead atoms. The molecule has 1 atom stereocenters. The number of aromatic nitrogens is 2. The van der Waals surface area contributed by atoms with Gasteiger partial charge in [0.2, 0.25) is 0 Å². The number of rotatable bonds is 5. The Labute approximate surface area is 220 Å². The fourth-order valence-corrected chi connectivity index (χ4v) is 4.65. The molecule has 8 heteroatoms. The highest BCUT2D eigenvalue weighted by molar-refractivity contribution is 6.09. The molecule has 1 unspecified atom stereocenters. The second-order valence-corrected chi connectivity index (χ2v) is 9.56. The van der Waals surface area contributed by atoms with Gasteiger partial charge in [0, 0.05) is 17.1 Å². The molecule has 1 aliphatic heterocycles. The van der Waals surface area contributed by atoms with E-state index in [1.807, 2.05) is 63.2 Å². The van der Waals surface area contributed by atoms with Crippen LogP contribution in [0.1, 0.15) is 45.6 Å². The van der Waals surface area contributed by atoms with E-state index in [9.17, 15) is 14.0 Å². The second-order valence-electron chi connectivity index (χ2n) is 9.56. The number of carbonyl (C=O) groups is 2. The van der Waals surface area contributed by atoms with Crippen LogP contribution in [0.15, 0.2) is 84.2 Å². The van der Waals surface area contributed by atoms with Crippen LogP contribution in [0.25, 0.3) is 0 Å². The third-order valence-corrected chi connectivity index (χ3v) is 6.64. The minimum absolute atomic E-state index is 0.317. The third kappa shape index (κ3) is 4.80. The van der Waals surface area contributed by atoms with Crippen molar-refractivity contribution in [2.75, 3.05) is 16.0 Å². The van der Waals surface area contributed by atoms with Crippen molar-refractivity contribution in [2.24, 2.45) is 0 Å². The lowest BCUT2D eigenvalue weighted by Gasteiger charge is -2.30. The Bertz CT molecular complexity index is 1570. The van der Waals surface area contributed by atoms with Crippen molar-refractivity contribution in [2.45, 2.75) is 33.7 Å². The van der Waals surface area contributed by atoms with Crippen molar-refractivity contribution in [3.05, 3.63) is 118 Å². The number of carbonyl (C=O) groups excluding carboxylic acids is 2. The van der Waals surface area contributed by atoms with Crippen LogP contribution in [-0.4, -0.2) is 21.6 Å². The van der Waals surface area contributed by atoms with Gasteiger partial charge in [0.05, 0.1) is 11.8 Å². The average molecular weight is 510 g/mol. The number of nitrogens with one attached hydrogen (secondary N) is 3. The third-order valence-electron chi connectivity index (χ3n) is 6.64. The van der Waals surface area contributed by atoms with Crippen LogP contribution in [0.5, 0.6) is 0 Å². The number of amides is 2. The first-order valence-corrected chi connectivity index (χ1v) is 12.3. The topological polar surface area (TPSA) is 88.0 Å². The van der Waals surface area contributed by atoms with Gasteiger partial charge in [0.1, 0.15) is 23.2 Å². The van der Waals surface area contributed by atoms with Crippen molar-refractivity contribution >= 4 is 29.0 Å². The number of anilines is 3. The highest BCUT2D eigenvalue weighted by Gasteiger charge is 2.35. The molecule has 2 amide bonds.